The minimum atomic E-state index is -1.21. The molecule has 2 aromatic rings. The Balaban J connectivity index is 1.55. The lowest BCUT2D eigenvalue weighted by Gasteiger charge is -2.37. The quantitative estimate of drug-likeness (QED) is 0.369. The fourth-order valence-corrected chi connectivity index (χ4v) is 7.81. The van der Waals surface area contributed by atoms with Crippen LogP contribution in [0.15, 0.2) is 42.5 Å². The van der Waals surface area contributed by atoms with E-state index in [0.717, 1.165) is 11.1 Å². The van der Waals surface area contributed by atoms with Gasteiger partial charge in [-0.05, 0) is 87.8 Å². The topological polar surface area (TPSA) is 117 Å². The molecule has 9 nitrogen and oxygen atoms in total. The molecule has 5 rings (SSSR count). The summed E-state index contributed by atoms with van der Waals surface area (Å²) < 4.78 is 12.4. The van der Waals surface area contributed by atoms with E-state index in [1.807, 2.05) is 66.7 Å². The van der Waals surface area contributed by atoms with E-state index in [2.05, 4.69) is 10.6 Å². The Labute approximate surface area is 254 Å². The lowest BCUT2D eigenvalue weighted by molar-refractivity contribution is -0.148. The van der Waals surface area contributed by atoms with Crippen molar-refractivity contribution in [1.82, 2.24) is 4.90 Å². The van der Waals surface area contributed by atoms with Gasteiger partial charge in [-0.2, -0.15) is 0 Å². The van der Waals surface area contributed by atoms with Crippen molar-refractivity contribution in [2.24, 2.45) is 23.7 Å². The smallest absolute Gasteiger partial charge is 0.250 e. The number of hydrogen-bond acceptors (Lipinski definition) is 6. The van der Waals surface area contributed by atoms with Gasteiger partial charge in [-0.3, -0.25) is 14.4 Å². The number of nitrogens with one attached hydrogen (secondary N) is 2. The normalized spacial score (nSPS) is 30.0. The largest absolute Gasteiger partial charge is 0.494 e. The highest BCUT2D eigenvalue weighted by atomic mass is 16.5. The van der Waals surface area contributed by atoms with Crippen LogP contribution in [0.1, 0.15) is 58.6 Å². The van der Waals surface area contributed by atoms with Crippen LogP contribution in [0.4, 0.5) is 11.4 Å². The van der Waals surface area contributed by atoms with Crippen molar-refractivity contribution >= 4 is 29.1 Å². The van der Waals surface area contributed by atoms with E-state index in [-0.39, 0.29) is 36.2 Å². The third-order valence-electron chi connectivity index (χ3n) is 9.79. The van der Waals surface area contributed by atoms with Gasteiger partial charge in [0.1, 0.15) is 17.4 Å². The summed E-state index contributed by atoms with van der Waals surface area (Å²) in [5.41, 5.74) is 0.928. The third-order valence-corrected chi connectivity index (χ3v) is 9.79. The van der Waals surface area contributed by atoms with Crippen LogP contribution in [-0.2, 0) is 19.1 Å². The predicted molar refractivity (Wildman–Crippen MR) is 165 cm³/mol. The number of ether oxygens (including phenoxy) is 2. The molecular weight excluding hydrogens is 546 g/mol. The number of hydrogen-bond donors (Lipinski definition) is 3. The van der Waals surface area contributed by atoms with Gasteiger partial charge < -0.3 is 30.1 Å². The number of rotatable bonds is 10. The highest BCUT2D eigenvalue weighted by molar-refractivity contribution is 6.06. The number of likely N-dealkylation sites (tertiary alicyclic amines) is 1. The maximum atomic E-state index is 14.5. The second-order valence-electron chi connectivity index (χ2n) is 13.1. The number of anilines is 2. The molecule has 232 valence electrons. The summed E-state index contributed by atoms with van der Waals surface area (Å²) in [5, 5.41) is 16.7. The van der Waals surface area contributed by atoms with Crippen LogP contribution in [0.25, 0.3) is 0 Å². The molecule has 2 bridgehead atoms. The van der Waals surface area contributed by atoms with Crippen LogP contribution >= 0.6 is 0 Å². The lowest BCUT2D eigenvalue weighted by Crippen LogP contribution is -2.56. The molecule has 0 radical (unpaired) electrons. The molecule has 3 N–H and O–H groups in total. The summed E-state index contributed by atoms with van der Waals surface area (Å²) in [6, 6.07) is 11.3. The number of fused-ring (bicyclic) bond motifs is 1. The van der Waals surface area contributed by atoms with Crippen molar-refractivity contribution in [2.45, 2.75) is 84.6 Å². The summed E-state index contributed by atoms with van der Waals surface area (Å²) >= 11 is 0. The SMILES string of the molecule is CCOc1ccc(NC(=O)[C@@H]2[C@H]3C(=O)N([C@@H](CO)CC(C)C)C(C(=O)Nc4c(C)cccc4C)C34CC(C)[C@@]2(C)O4)cc1. The molecule has 0 aliphatic carbocycles. The van der Waals surface area contributed by atoms with E-state index in [4.69, 9.17) is 9.47 Å². The molecule has 3 unspecified atom stereocenters. The van der Waals surface area contributed by atoms with Crippen molar-refractivity contribution < 1.29 is 29.0 Å². The van der Waals surface area contributed by atoms with Gasteiger partial charge in [0.15, 0.2) is 0 Å². The van der Waals surface area contributed by atoms with Gasteiger partial charge >= 0.3 is 0 Å². The van der Waals surface area contributed by atoms with Crippen molar-refractivity contribution in [3.05, 3.63) is 53.6 Å². The summed E-state index contributed by atoms with van der Waals surface area (Å²) in [6.07, 6.45) is 0.960. The molecule has 7 atom stereocenters. The molecule has 9 heteroatoms. The number of carbonyl (C=O) groups excluding carboxylic acids is 3. The van der Waals surface area contributed by atoms with Gasteiger partial charge in [0.25, 0.3) is 0 Å². The third kappa shape index (κ3) is 5.10. The molecule has 1 spiro atoms. The number of carbonyl (C=O) groups is 3. The first-order chi connectivity index (χ1) is 20.4. The van der Waals surface area contributed by atoms with Crippen molar-refractivity contribution in [3.8, 4) is 5.75 Å². The zero-order chi connectivity index (χ0) is 31.3. The van der Waals surface area contributed by atoms with Crippen LogP contribution in [0.3, 0.4) is 0 Å². The maximum Gasteiger partial charge on any atom is 0.250 e. The first-order valence-corrected chi connectivity index (χ1v) is 15.4. The van der Waals surface area contributed by atoms with Crippen molar-refractivity contribution in [2.75, 3.05) is 23.8 Å². The predicted octanol–water partition coefficient (Wildman–Crippen LogP) is 4.70. The summed E-state index contributed by atoms with van der Waals surface area (Å²) in [6.45, 7) is 14.0. The highest BCUT2D eigenvalue weighted by Gasteiger charge is 2.80. The monoisotopic (exact) mass is 591 g/mol. The van der Waals surface area contributed by atoms with Crippen molar-refractivity contribution in [3.63, 3.8) is 0 Å². The summed E-state index contributed by atoms with van der Waals surface area (Å²) in [7, 11) is 0. The van der Waals surface area contributed by atoms with Crippen LogP contribution < -0.4 is 15.4 Å². The molecule has 3 heterocycles. The second-order valence-corrected chi connectivity index (χ2v) is 13.1. The van der Waals surface area contributed by atoms with Gasteiger partial charge in [0.05, 0.1) is 36.7 Å². The Bertz CT molecular complexity index is 1370. The fourth-order valence-electron chi connectivity index (χ4n) is 7.81. The van der Waals surface area contributed by atoms with Gasteiger partial charge in [0, 0.05) is 11.4 Å². The minimum Gasteiger partial charge on any atom is -0.494 e. The Morgan fingerprint density at radius 3 is 2.33 bits per heavy atom. The first-order valence-electron chi connectivity index (χ1n) is 15.4. The van der Waals surface area contributed by atoms with Gasteiger partial charge in [-0.15, -0.1) is 0 Å². The molecule has 3 saturated heterocycles. The Kier molecular flexibility index (Phi) is 8.35. The number of benzene rings is 2. The summed E-state index contributed by atoms with van der Waals surface area (Å²) in [4.78, 5) is 44.6. The number of aryl methyl sites for hydroxylation is 2. The average molecular weight is 592 g/mol. The molecule has 0 saturated carbocycles. The Hall–Kier alpha value is -3.43. The maximum absolute atomic E-state index is 14.5. The van der Waals surface area contributed by atoms with E-state index in [0.29, 0.717) is 36.6 Å². The van der Waals surface area contributed by atoms with Crippen LogP contribution in [-0.4, -0.2) is 64.2 Å². The molecule has 2 aromatic carbocycles. The van der Waals surface area contributed by atoms with E-state index in [1.54, 1.807) is 29.2 Å². The van der Waals surface area contributed by atoms with E-state index < -0.39 is 35.1 Å². The van der Waals surface area contributed by atoms with Gasteiger partial charge in [-0.1, -0.05) is 39.0 Å². The first kappa shape index (κ1) is 31.0. The Morgan fingerprint density at radius 2 is 1.74 bits per heavy atom. The fraction of sp³-hybridized carbons (Fsp3) is 0.559. The van der Waals surface area contributed by atoms with Crippen molar-refractivity contribution in [1.29, 1.82) is 0 Å². The average Bonchev–Trinajstić information content (AvgIpc) is 3.47. The molecule has 3 aliphatic rings. The standard InChI is InChI=1S/C34H45N3O6/c1-8-42-25-14-12-23(13-15-25)35-30(39)26-27-32(41)37(24(18-38)16-19(2)3)29(34(27)17-22(6)33(26,7)43-34)31(40)36-28-20(4)10-9-11-21(28)5/h9-15,19,22,24,26-27,29,38H,8,16-18H2,1-7H3,(H,35,39)(H,36,40)/t22?,24-,26+,27+,29?,33-,34?/m1/s1. The highest BCUT2D eigenvalue weighted by Crippen LogP contribution is 2.65. The van der Waals surface area contributed by atoms with E-state index in [9.17, 15) is 19.5 Å². The van der Waals surface area contributed by atoms with Gasteiger partial charge in [-0.25, -0.2) is 0 Å². The number of aliphatic hydroxyl groups excluding tert-OH is 1. The zero-order valence-corrected chi connectivity index (χ0v) is 26.3. The molecular formula is C34H45N3O6. The summed E-state index contributed by atoms with van der Waals surface area (Å²) in [5.74, 6) is -1.93. The molecule has 3 fully saturated rings. The Morgan fingerprint density at radius 1 is 1.09 bits per heavy atom. The minimum absolute atomic E-state index is 0.0965. The molecule has 3 aliphatic heterocycles. The second kappa shape index (κ2) is 11.6. The molecule has 0 aromatic heterocycles. The number of aliphatic hydroxyl groups is 1. The van der Waals surface area contributed by atoms with Crippen LogP contribution in [0.5, 0.6) is 5.75 Å². The molecule has 43 heavy (non-hydrogen) atoms. The zero-order valence-electron chi connectivity index (χ0n) is 26.3. The van der Waals surface area contributed by atoms with Gasteiger partial charge in [0.2, 0.25) is 17.7 Å². The molecule has 3 amide bonds. The van der Waals surface area contributed by atoms with E-state index in [1.165, 1.54) is 0 Å². The van der Waals surface area contributed by atoms with Crippen LogP contribution in [0.2, 0.25) is 0 Å². The number of amides is 3. The van der Waals surface area contributed by atoms with E-state index >= 15 is 0 Å². The number of nitrogens with zero attached hydrogens (tertiary/aromatic N) is 1. The lowest BCUT2D eigenvalue weighted by atomic mass is 9.62. The van der Waals surface area contributed by atoms with Crippen LogP contribution in [0, 0.1) is 37.5 Å². The number of para-hydroxylation sites is 1.